The molecule has 1 saturated heterocycles. The fourth-order valence-electron chi connectivity index (χ4n) is 2.73. The summed E-state index contributed by atoms with van der Waals surface area (Å²) in [5.74, 6) is 1.37. The van der Waals surface area contributed by atoms with Crippen molar-refractivity contribution in [2.24, 2.45) is 0 Å². The van der Waals surface area contributed by atoms with E-state index in [1.165, 1.54) is 18.5 Å². The highest BCUT2D eigenvalue weighted by molar-refractivity contribution is 9.10. The van der Waals surface area contributed by atoms with Gasteiger partial charge in [0.05, 0.1) is 23.6 Å². The van der Waals surface area contributed by atoms with Gasteiger partial charge >= 0.3 is 0 Å². The molecule has 0 spiro atoms. The normalized spacial score (nSPS) is 19.0. The first-order valence-electron chi connectivity index (χ1n) is 6.86. The monoisotopic (exact) mass is 335 g/mol. The van der Waals surface area contributed by atoms with Gasteiger partial charge in [-0.05, 0) is 47.4 Å². The van der Waals surface area contributed by atoms with E-state index in [0.717, 1.165) is 29.0 Å². The van der Waals surface area contributed by atoms with Crippen LogP contribution in [-0.2, 0) is 0 Å². The molecule has 0 bridgehead atoms. The molecular weight excluding hydrogens is 318 g/mol. The minimum Gasteiger partial charge on any atom is -0.495 e. The molecular formula is C15H18BrN3O. The van der Waals surface area contributed by atoms with Crippen LogP contribution in [0.4, 0.5) is 0 Å². The molecule has 1 atom stereocenters. The molecule has 20 heavy (non-hydrogen) atoms. The Balaban J connectivity index is 1.96. The highest BCUT2D eigenvalue weighted by Crippen LogP contribution is 2.30. The molecule has 0 saturated carbocycles. The van der Waals surface area contributed by atoms with Gasteiger partial charge in [-0.15, -0.1) is 0 Å². The summed E-state index contributed by atoms with van der Waals surface area (Å²) in [5.41, 5.74) is 2.35. The van der Waals surface area contributed by atoms with Crippen molar-refractivity contribution >= 4 is 15.9 Å². The van der Waals surface area contributed by atoms with Crippen molar-refractivity contribution in [1.82, 2.24) is 14.9 Å². The average Bonchev–Trinajstić information content (AvgIpc) is 2.98. The fourth-order valence-corrected chi connectivity index (χ4v) is 3.13. The van der Waals surface area contributed by atoms with Crippen LogP contribution in [-0.4, -0.2) is 29.8 Å². The van der Waals surface area contributed by atoms with Crippen LogP contribution in [0.2, 0.25) is 0 Å². The molecule has 1 aliphatic heterocycles. The number of methoxy groups -OCH3 is 1. The predicted octanol–water partition coefficient (Wildman–Crippen LogP) is 3.11. The van der Waals surface area contributed by atoms with Crippen molar-refractivity contribution < 1.29 is 4.74 Å². The number of imidazole rings is 1. The van der Waals surface area contributed by atoms with Crippen molar-refractivity contribution in [3.05, 3.63) is 40.9 Å². The number of benzene rings is 1. The van der Waals surface area contributed by atoms with Gasteiger partial charge in [-0.25, -0.2) is 4.98 Å². The molecule has 4 nitrogen and oxygen atoms in total. The zero-order valence-corrected chi connectivity index (χ0v) is 13.1. The van der Waals surface area contributed by atoms with Crippen LogP contribution in [0, 0.1) is 0 Å². The van der Waals surface area contributed by atoms with Crippen LogP contribution in [0.5, 0.6) is 5.75 Å². The minimum atomic E-state index is 0.529. The summed E-state index contributed by atoms with van der Waals surface area (Å²) in [6.45, 7) is 2.15. The maximum absolute atomic E-state index is 5.38. The number of halogens is 1. The molecule has 0 amide bonds. The van der Waals surface area contributed by atoms with Crippen molar-refractivity contribution in [3.63, 3.8) is 0 Å². The highest BCUT2D eigenvalue weighted by Gasteiger charge is 2.19. The van der Waals surface area contributed by atoms with E-state index in [1.807, 2.05) is 24.7 Å². The second-order valence-corrected chi connectivity index (χ2v) is 5.90. The van der Waals surface area contributed by atoms with E-state index in [4.69, 9.17) is 4.74 Å². The third-order valence-corrected chi connectivity index (χ3v) is 4.45. The third-order valence-electron chi connectivity index (χ3n) is 3.80. The number of hydrogen-bond acceptors (Lipinski definition) is 3. The second-order valence-electron chi connectivity index (χ2n) is 5.05. The number of hydrogen-bond donors (Lipinski definition) is 1. The van der Waals surface area contributed by atoms with Crippen LogP contribution in [0.25, 0.3) is 5.69 Å². The molecule has 5 heteroatoms. The van der Waals surface area contributed by atoms with E-state index in [2.05, 4.69) is 36.9 Å². The molecule has 1 fully saturated rings. The number of nitrogens with zero attached hydrogens (tertiary/aromatic N) is 2. The molecule has 2 heterocycles. The van der Waals surface area contributed by atoms with Crippen LogP contribution in [0.1, 0.15) is 24.5 Å². The molecule has 1 aromatic carbocycles. The number of ether oxygens (including phenoxy) is 1. The topological polar surface area (TPSA) is 39.1 Å². The van der Waals surface area contributed by atoms with E-state index in [1.54, 1.807) is 7.11 Å². The zero-order chi connectivity index (χ0) is 13.9. The molecule has 1 unspecified atom stereocenters. The number of aromatic nitrogens is 2. The fraction of sp³-hybridized carbons (Fsp3) is 0.400. The third kappa shape index (κ3) is 2.60. The van der Waals surface area contributed by atoms with Gasteiger partial charge in [0, 0.05) is 30.4 Å². The van der Waals surface area contributed by atoms with Gasteiger partial charge in [0.15, 0.2) is 0 Å². The molecule has 106 valence electrons. The lowest BCUT2D eigenvalue weighted by Gasteiger charge is -2.24. The van der Waals surface area contributed by atoms with Crippen molar-refractivity contribution in [2.75, 3.05) is 20.2 Å². The van der Waals surface area contributed by atoms with Gasteiger partial charge in [0.1, 0.15) is 5.75 Å². The van der Waals surface area contributed by atoms with Crippen LogP contribution in [0.3, 0.4) is 0 Å². The van der Waals surface area contributed by atoms with E-state index in [-0.39, 0.29) is 0 Å². The quantitative estimate of drug-likeness (QED) is 0.936. The first kappa shape index (κ1) is 13.6. The van der Waals surface area contributed by atoms with Gasteiger partial charge in [-0.1, -0.05) is 0 Å². The van der Waals surface area contributed by atoms with Crippen LogP contribution in [0.15, 0.2) is 35.2 Å². The van der Waals surface area contributed by atoms with Gasteiger partial charge in [0.2, 0.25) is 0 Å². The Morgan fingerprint density at radius 2 is 2.35 bits per heavy atom. The summed E-state index contributed by atoms with van der Waals surface area (Å²) in [5, 5.41) is 3.46. The van der Waals surface area contributed by atoms with Crippen molar-refractivity contribution in [3.8, 4) is 11.4 Å². The van der Waals surface area contributed by atoms with Gasteiger partial charge < -0.3 is 14.6 Å². The minimum absolute atomic E-state index is 0.529. The smallest absolute Gasteiger partial charge is 0.135 e. The maximum Gasteiger partial charge on any atom is 0.135 e. The molecule has 1 aromatic heterocycles. The number of rotatable bonds is 3. The Kier molecular flexibility index (Phi) is 4.08. The Labute approximate surface area is 127 Å². The van der Waals surface area contributed by atoms with E-state index in [0.29, 0.717) is 5.92 Å². The molecule has 1 N–H and O–H groups in total. The van der Waals surface area contributed by atoms with E-state index in [9.17, 15) is 0 Å². The largest absolute Gasteiger partial charge is 0.495 e. The number of piperidine rings is 1. The molecule has 0 aliphatic carbocycles. The van der Waals surface area contributed by atoms with Gasteiger partial charge in [-0.2, -0.15) is 0 Å². The van der Waals surface area contributed by atoms with E-state index >= 15 is 0 Å². The summed E-state index contributed by atoms with van der Waals surface area (Å²) in [7, 11) is 1.68. The van der Waals surface area contributed by atoms with Gasteiger partial charge in [0.25, 0.3) is 0 Å². The predicted molar refractivity (Wildman–Crippen MR) is 82.7 cm³/mol. The van der Waals surface area contributed by atoms with Gasteiger partial charge in [-0.3, -0.25) is 0 Å². The van der Waals surface area contributed by atoms with Crippen LogP contribution >= 0.6 is 15.9 Å². The number of nitrogens with one attached hydrogen (secondary N) is 1. The van der Waals surface area contributed by atoms with E-state index < -0.39 is 0 Å². The van der Waals surface area contributed by atoms with Crippen molar-refractivity contribution in [2.45, 2.75) is 18.8 Å². The summed E-state index contributed by atoms with van der Waals surface area (Å²) >= 11 is 3.49. The SMILES string of the molecule is COc1cc(-n2cncc2C2CCCNC2)ccc1Br. The lowest BCUT2D eigenvalue weighted by atomic mass is 9.96. The maximum atomic E-state index is 5.38. The van der Waals surface area contributed by atoms with Crippen molar-refractivity contribution in [1.29, 1.82) is 0 Å². The average molecular weight is 336 g/mol. The molecule has 3 rings (SSSR count). The summed E-state index contributed by atoms with van der Waals surface area (Å²) < 4.78 is 8.50. The highest BCUT2D eigenvalue weighted by atomic mass is 79.9. The standard InChI is InChI=1S/C15H18BrN3O/c1-20-15-7-12(4-5-13(15)16)19-10-18-9-14(19)11-3-2-6-17-8-11/h4-5,7,9-11,17H,2-3,6,8H2,1H3. The molecule has 0 radical (unpaired) electrons. The Bertz CT molecular complexity index is 591. The lowest BCUT2D eigenvalue weighted by Crippen LogP contribution is -2.29. The zero-order valence-electron chi connectivity index (χ0n) is 11.5. The summed E-state index contributed by atoms with van der Waals surface area (Å²) in [6.07, 6.45) is 6.30. The first-order valence-corrected chi connectivity index (χ1v) is 7.66. The first-order chi connectivity index (χ1) is 9.79. The summed E-state index contributed by atoms with van der Waals surface area (Å²) in [6, 6.07) is 6.12. The Hall–Kier alpha value is -1.33. The second kappa shape index (κ2) is 5.97. The Morgan fingerprint density at radius 3 is 3.10 bits per heavy atom. The summed E-state index contributed by atoms with van der Waals surface area (Å²) in [4.78, 5) is 4.33. The molecule has 2 aromatic rings. The Morgan fingerprint density at radius 1 is 1.45 bits per heavy atom. The molecule has 1 aliphatic rings. The van der Waals surface area contributed by atoms with Crippen LogP contribution < -0.4 is 10.1 Å². The lowest BCUT2D eigenvalue weighted by molar-refractivity contribution is 0.411.